The van der Waals surface area contributed by atoms with Crippen molar-refractivity contribution < 1.29 is 9.72 Å². The molecule has 16 heavy (non-hydrogen) atoms. The summed E-state index contributed by atoms with van der Waals surface area (Å²) in [4.78, 5) is 23.8. The first kappa shape index (κ1) is 12.5. The average molecular weight is 246 g/mol. The molecule has 1 rings (SSSR count). The van der Waals surface area contributed by atoms with E-state index >= 15 is 0 Å². The molecule has 1 aromatic heterocycles. The van der Waals surface area contributed by atoms with Crippen molar-refractivity contribution in [2.45, 2.75) is 19.4 Å². The summed E-state index contributed by atoms with van der Waals surface area (Å²) < 4.78 is 0. The second kappa shape index (κ2) is 4.52. The number of nitrogens with one attached hydrogen (secondary N) is 2. The largest absolute Gasteiger partial charge is 0.358 e. The Morgan fingerprint density at radius 1 is 1.62 bits per heavy atom. The van der Waals surface area contributed by atoms with Crippen LogP contribution >= 0.6 is 11.6 Å². The third-order valence-corrected chi connectivity index (χ3v) is 2.57. The molecule has 0 saturated carbocycles. The van der Waals surface area contributed by atoms with E-state index in [1.807, 2.05) is 0 Å². The van der Waals surface area contributed by atoms with Gasteiger partial charge in [-0.3, -0.25) is 4.79 Å². The molecule has 0 aliphatic heterocycles. The maximum Gasteiger partial charge on any atom is 0.321 e. The number of alkyl halides is 1. The highest BCUT2D eigenvalue weighted by Gasteiger charge is 2.23. The summed E-state index contributed by atoms with van der Waals surface area (Å²) in [7, 11) is 0. The first-order valence-electron chi connectivity index (χ1n) is 4.57. The zero-order valence-electron chi connectivity index (χ0n) is 8.91. The smallest absolute Gasteiger partial charge is 0.321 e. The van der Waals surface area contributed by atoms with Gasteiger partial charge in [0, 0.05) is 17.5 Å². The minimum Gasteiger partial charge on any atom is -0.358 e. The maximum atomic E-state index is 11.6. The normalized spacial score (nSPS) is 11.2. The number of nitrogens with zero attached hydrogens (tertiary/aromatic N) is 1. The van der Waals surface area contributed by atoms with Crippen molar-refractivity contribution in [2.75, 3.05) is 5.88 Å². The Bertz CT molecular complexity index is 414. The second-order valence-corrected chi connectivity index (χ2v) is 4.25. The molecule has 7 heteroatoms. The molecule has 0 unspecified atom stereocenters. The Morgan fingerprint density at radius 3 is 2.69 bits per heavy atom. The van der Waals surface area contributed by atoms with E-state index in [0.29, 0.717) is 0 Å². The average Bonchev–Trinajstić information content (AvgIpc) is 2.66. The molecule has 0 aromatic carbocycles. The number of nitro groups is 1. The van der Waals surface area contributed by atoms with Gasteiger partial charge in [-0.05, 0) is 24.8 Å². The Hall–Kier alpha value is -1.56. The van der Waals surface area contributed by atoms with E-state index in [1.54, 1.807) is 13.8 Å². The summed E-state index contributed by atoms with van der Waals surface area (Å²) in [6.45, 7) is 3.52. The van der Waals surface area contributed by atoms with Crippen molar-refractivity contribution in [3.8, 4) is 0 Å². The number of amides is 1. The summed E-state index contributed by atoms with van der Waals surface area (Å²) in [5.41, 5.74) is -0.414. The fourth-order valence-electron chi connectivity index (χ4n) is 1.03. The lowest BCUT2D eigenvalue weighted by atomic mass is 10.1. The molecule has 0 saturated heterocycles. The predicted octanol–water partition coefficient (Wildman–Crippen LogP) is 1.67. The van der Waals surface area contributed by atoms with Gasteiger partial charge < -0.3 is 15.4 Å². The maximum absolute atomic E-state index is 11.6. The van der Waals surface area contributed by atoms with Gasteiger partial charge in [-0.25, -0.2) is 4.98 Å². The van der Waals surface area contributed by atoms with Gasteiger partial charge in [0.05, 0.1) is 0 Å². The van der Waals surface area contributed by atoms with Crippen molar-refractivity contribution >= 4 is 23.3 Å². The SMILES string of the molecule is CC(C)(CCl)NC(=O)c1ccc([N+](=O)[O-])[nH]1. The lowest BCUT2D eigenvalue weighted by molar-refractivity contribution is -0.389. The van der Waals surface area contributed by atoms with Gasteiger partial charge in [-0.2, -0.15) is 0 Å². The Morgan fingerprint density at radius 2 is 2.25 bits per heavy atom. The lowest BCUT2D eigenvalue weighted by Gasteiger charge is -2.22. The van der Waals surface area contributed by atoms with Gasteiger partial charge in [0.2, 0.25) is 0 Å². The van der Waals surface area contributed by atoms with Crippen molar-refractivity contribution in [1.82, 2.24) is 10.3 Å². The van der Waals surface area contributed by atoms with Gasteiger partial charge in [0.25, 0.3) is 5.91 Å². The van der Waals surface area contributed by atoms with Gasteiger partial charge in [-0.1, -0.05) is 0 Å². The van der Waals surface area contributed by atoms with E-state index in [1.165, 1.54) is 12.1 Å². The molecule has 1 amide bonds. The Labute approximate surface area is 97.1 Å². The second-order valence-electron chi connectivity index (χ2n) is 3.99. The molecule has 0 radical (unpaired) electrons. The van der Waals surface area contributed by atoms with Crippen molar-refractivity contribution in [1.29, 1.82) is 0 Å². The fourth-order valence-corrected chi connectivity index (χ4v) is 1.10. The van der Waals surface area contributed by atoms with Crippen LogP contribution in [0.4, 0.5) is 5.82 Å². The molecule has 1 heterocycles. The summed E-state index contributed by atoms with van der Waals surface area (Å²) >= 11 is 5.65. The molecule has 0 atom stereocenters. The van der Waals surface area contributed by atoms with Crippen LogP contribution in [0, 0.1) is 10.1 Å². The van der Waals surface area contributed by atoms with Crippen LogP contribution in [0.5, 0.6) is 0 Å². The van der Waals surface area contributed by atoms with Gasteiger partial charge in [0.15, 0.2) is 5.69 Å². The van der Waals surface area contributed by atoms with Gasteiger partial charge >= 0.3 is 5.82 Å². The number of hydrogen-bond acceptors (Lipinski definition) is 3. The highest BCUT2D eigenvalue weighted by Crippen LogP contribution is 2.11. The van der Waals surface area contributed by atoms with E-state index < -0.39 is 16.4 Å². The highest BCUT2D eigenvalue weighted by molar-refractivity contribution is 6.18. The van der Waals surface area contributed by atoms with Crippen molar-refractivity contribution in [3.05, 3.63) is 27.9 Å². The zero-order chi connectivity index (χ0) is 12.3. The fraction of sp³-hybridized carbons (Fsp3) is 0.444. The van der Waals surface area contributed by atoms with Gasteiger partial charge in [0.1, 0.15) is 0 Å². The summed E-state index contributed by atoms with van der Waals surface area (Å²) in [6, 6.07) is 2.60. The minimum atomic E-state index is -0.594. The van der Waals surface area contributed by atoms with Crippen LogP contribution in [-0.2, 0) is 0 Å². The van der Waals surface area contributed by atoms with Crippen LogP contribution in [0.15, 0.2) is 12.1 Å². The quantitative estimate of drug-likeness (QED) is 0.480. The van der Waals surface area contributed by atoms with Crippen molar-refractivity contribution in [3.63, 3.8) is 0 Å². The summed E-state index contributed by atoms with van der Waals surface area (Å²) in [5, 5.41) is 13.0. The summed E-state index contributed by atoms with van der Waals surface area (Å²) in [6.07, 6.45) is 0. The molecule has 1 aromatic rings. The lowest BCUT2D eigenvalue weighted by Crippen LogP contribution is -2.45. The highest BCUT2D eigenvalue weighted by atomic mass is 35.5. The number of halogens is 1. The monoisotopic (exact) mass is 245 g/mol. The Kier molecular flexibility index (Phi) is 3.54. The van der Waals surface area contributed by atoms with E-state index in [0.717, 1.165) is 0 Å². The predicted molar refractivity (Wildman–Crippen MR) is 59.7 cm³/mol. The van der Waals surface area contributed by atoms with E-state index in [9.17, 15) is 14.9 Å². The zero-order valence-corrected chi connectivity index (χ0v) is 9.67. The molecule has 0 fully saturated rings. The topological polar surface area (TPSA) is 88.0 Å². The van der Waals surface area contributed by atoms with Crippen molar-refractivity contribution in [2.24, 2.45) is 0 Å². The van der Waals surface area contributed by atoms with Gasteiger partial charge in [-0.15, -0.1) is 11.6 Å². The van der Waals surface area contributed by atoms with E-state index in [2.05, 4.69) is 10.3 Å². The third-order valence-electron chi connectivity index (χ3n) is 1.90. The molecule has 0 aliphatic carbocycles. The van der Waals surface area contributed by atoms with E-state index in [-0.39, 0.29) is 17.4 Å². The number of aromatic amines is 1. The Balaban J connectivity index is 2.77. The number of carbonyl (C=O) groups is 1. The standard InChI is InChI=1S/C9H12ClN3O3/c1-9(2,5-10)12-8(14)6-3-4-7(11-6)13(15)16/h3-4,11H,5H2,1-2H3,(H,12,14). The molecular formula is C9H12ClN3O3. The molecule has 0 spiro atoms. The van der Waals surface area contributed by atoms with Crippen LogP contribution < -0.4 is 5.32 Å². The molecule has 6 nitrogen and oxygen atoms in total. The van der Waals surface area contributed by atoms with Crippen LogP contribution in [0.1, 0.15) is 24.3 Å². The minimum absolute atomic E-state index is 0.143. The number of rotatable bonds is 4. The molecular weight excluding hydrogens is 234 g/mol. The molecule has 2 N–H and O–H groups in total. The van der Waals surface area contributed by atoms with Crippen LogP contribution in [-0.4, -0.2) is 27.2 Å². The molecule has 0 aliphatic rings. The van der Waals surface area contributed by atoms with Crippen LogP contribution in [0.25, 0.3) is 0 Å². The number of H-pyrrole nitrogens is 1. The van der Waals surface area contributed by atoms with Crippen LogP contribution in [0.3, 0.4) is 0 Å². The number of aromatic nitrogens is 1. The number of carbonyl (C=O) groups excluding carboxylic acids is 1. The first-order chi connectivity index (χ1) is 7.35. The first-order valence-corrected chi connectivity index (χ1v) is 5.11. The van der Waals surface area contributed by atoms with Crippen LogP contribution in [0.2, 0.25) is 0 Å². The summed E-state index contributed by atoms with van der Waals surface area (Å²) in [5.74, 6) is -0.380. The third kappa shape index (κ3) is 2.96. The number of hydrogen-bond donors (Lipinski definition) is 2. The van der Waals surface area contributed by atoms with E-state index in [4.69, 9.17) is 11.6 Å². The molecule has 88 valence electrons. The molecule has 0 bridgehead atoms.